The number of piperidine rings is 1. The van der Waals surface area contributed by atoms with Gasteiger partial charge in [-0.3, -0.25) is 4.79 Å². The van der Waals surface area contributed by atoms with E-state index >= 15 is 0 Å². The van der Waals surface area contributed by atoms with Crippen molar-refractivity contribution in [2.45, 2.75) is 33.2 Å². The predicted molar refractivity (Wildman–Crippen MR) is 102 cm³/mol. The van der Waals surface area contributed by atoms with Gasteiger partial charge in [-0.05, 0) is 44.4 Å². The lowest BCUT2D eigenvalue weighted by Gasteiger charge is -2.34. The molecule has 2 aliphatic heterocycles. The SMILES string of the molecule is CCN(CC)C(=O)N1CCC(C(=O)NCc2ccc3c(c2)OCCO3)CC1. The minimum Gasteiger partial charge on any atom is -0.486 e. The van der Waals surface area contributed by atoms with E-state index < -0.39 is 0 Å². The molecule has 7 heteroatoms. The average Bonchev–Trinajstić information content (AvgIpc) is 2.72. The summed E-state index contributed by atoms with van der Waals surface area (Å²) in [7, 11) is 0. The summed E-state index contributed by atoms with van der Waals surface area (Å²) in [6, 6.07) is 5.82. The highest BCUT2D eigenvalue weighted by atomic mass is 16.6. The normalized spacial score (nSPS) is 16.7. The van der Waals surface area contributed by atoms with Crippen LogP contribution >= 0.6 is 0 Å². The summed E-state index contributed by atoms with van der Waals surface area (Å²) >= 11 is 0. The summed E-state index contributed by atoms with van der Waals surface area (Å²) in [5.74, 6) is 1.50. The molecule has 0 atom stereocenters. The second kappa shape index (κ2) is 8.97. The number of likely N-dealkylation sites (tertiary alicyclic amines) is 1. The van der Waals surface area contributed by atoms with E-state index in [1.165, 1.54) is 0 Å². The molecule has 148 valence electrons. The number of amides is 3. The Balaban J connectivity index is 1.46. The fourth-order valence-electron chi connectivity index (χ4n) is 3.56. The molecule has 0 saturated carbocycles. The van der Waals surface area contributed by atoms with E-state index in [1.807, 2.05) is 41.8 Å². The highest BCUT2D eigenvalue weighted by Gasteiger charge is 2.28. The summed E-state index contributed by atoms with van der Waals surface area (Å²) < 4.78 is 11.1. The van der Waals surface area contributed by atoms with Crippen LogP contribution in [0.25, 0.3) is 0 Å². The molecule has 1 saturated heterocycles. The predicted octanol–water partition coefficient (Wildman–Crippen LogP) is 2.25. The first kappa shape index (κ1) is 19.3. The molecule has 0 aliphatic carbocycles. The lowest BCUT2D eigenvalue weighted by Crippen LogP contribution is -2.48. The second-order valence-corrected chi connectivity index (χ2v) is 6.91. The van der Waals surface area contributed by atoms with Gasteiger partial charge in [0, 0.05) is 38.6 Å². The maximum atomic E-state index is 12.5. The van der Waals surface area contributed by atoms with Gasteiger partial charge in [-0.25, -0.2) is 4.79 Å². The zero-order valence-electron chi connectivity index (χ0n) is 16.2. The highest BCUT2D eigenvalue weighted by molar-refractivity contribution is 5.79. The van der Waals surface area contributed by atoms with Crippen LogP contribution < -0.4 is 14.8 Å². The highest BCUT2D eigenvalue weighted by Crippen LogP contribution is 2.30. The van der Waals surface area contributed by atoms with Crippen LogP contribution in [0.3, 0.4) is 0 Å². The molecule has 2 heterocycles. The van der Waals surface area contributed by atoms with Crippen LogP contribution in [0.15, 0.2) is 18.2 Å². The number of nitrogens with one attached hydrogen (secondary N) is 1. The van der Waals surface area contributed by atoms with Crippen molar-refractivity contribution in [1.29, 1.82) is 0 Å². The number of fused-ring (bicyclic) bond motifs is 1. The zero-order chi connectivity index (χ0) is 19.2. The third kappa shape index (κ3) is 4.64. The van der Waals surface area contributed by atoms with Gasteiger partial charge >= 0.3 is 6.03 Å². The van der Waals surface area contributed by atoms with Crippen LogP contribution in [-0.4, -0.2) is 61.1 Å². The molecule has 0 unspecified atom stereocenters. The van der Waals surface area contributed by atoms with Crippen molar-refractivity contribution < 1.29 is 19.1 Å². The van der Waals surface area contributed by atoms with E-state index in [9.17, 15) is 9.59 Å². The topological polar surface area (TPSA) is 71.1 Å². The summed E-state index contributed by atoms with van der Waals surface area (Å²) in [6.45, 7) is 8.25. The Bertz CT molecular complexity index is 667. The molecule has 2 aliphatic rings. The van der Waals surface area contributed by atoms with Crippen LogP contribution in [-0.2, 0) is 11.3 Å². The van der Waals surface area contributed by atoms with Crippen molar-refractivity contribution in [1.82, 2.24) is 15.1 Å². The van der Waals surface area contributed by atoms with Gasteiger partial charge in [0.2, 0.25) is 5.91 Å². The number of urea groups is 1. The fourth-order valence-corrected chi connectivity index (χ4v) is 3.56. The molecule has 3 rings (SSSR count). The number of benzene rings is 1. The Kier molecular flexibility index (Phi) is 6.42. The van der Waals surface area contributed by atoms with E-state index in [-0.39, 0.29) is 17.9 Å². The standard InChI is InChI=1S/C20H29N3O4/c1-3-22(4-2)20(25)23-9-7-16(8-10-23)19(24)21-14-15-5-6-17-18(13-15)27-12-11-26-17/h5-6,13,16H,3-4,7-12,14H2,1-2H3,(H,21,24). The molecule has 27 heavy (non-hydrogen) atoms. The molecule has 0 aromatic heterocycles. The minimum atomic E-state index is -0.0389. The van der Waals surface area contributed by atoms with Gasteiger partial charge < -0.3 is 24.6 Å². The molecule has 3 amide bonds. The van der Waals surface area contributed by atoms with Crippen LogP contribution in [0.2, 0.25) is 0 Å². The Morgan fingerprint density at radius 2 is 1.78 bits per heavy atom. The largest absolute Gasteiger partial charge is 0.486 e. The Morgan fingerprint density at radius 3 is 2.44 bits per heavy atom. The summed E-state index contributed by atoms with van der Waals surface area (Å²) in [4.78, 5) is 28.6. The number of hydrogen-bond acceptors (Lipinski definition) is 4. The van der Waals surface area contributed by atoms with E-state index in [4.69, 9.17) is 9.47 Å². The van der Waals surface area contributed by atoms with Crippen LogP contribution in [0.4, 0.5) is 4.79 Å². The molecule has 1 aromatic carbocycles. The summed E-state index contributed by atoms with van der Waals surface area (Å²) in [5, 5.41) is 3.02. The number of carbonyl (C=O) groups excluding carboxylic acids is 2. The lowest BCUT2D eigenvalue weighted by atomic mass is 9.96. The monoisotopic (exact) mass is 375 g/mol. The Hall–Kier alpha value is -2.44. The van der Waals surface area contributed by atoms with E-state index in [1.54, 1.807) is 0 Å². The van der Waals surface area contributed by atoms with Crippen molar-refractivity contribution in [3.63, 3.8) is 0 Å². The molecular formula is C20H29N3O4. The Labute approximate surface area is 160 Å². The first-order chi connectivity index (χ1) is 13.1. The van der Waals surface area contributed by atoms with Gasteiger partial charge in [-0.15, -0.1) is 0 Å². The zero-order valence-corrected chi connectivity index (χ0v) is 16.2. The van der Waals surface area contributed by atoms with Gasteiger partial charge in [-0.2, -0.15) is 0 Å². The number of rotatable bonds is 5. The average molecular weight is 375 g/mol. The molecule has 1 aromatic rings. The van der Waals surface area contributed by atoms with Gasteiger partial charge in [-0.1, -0.05) is 6.07 Å². The minimum absolute atomic E-state index is 0.0389. The number of nitrogens with zero attached hydrogens (tertiary/aromatic N) is 2. The maximum Gasteiger partial charge on any atom is 0.319 e. The maximum absolute atomic E-state index is 12.5. The van der Waals surface area contributed by atoms with Crippen LogP contribution in [0.1, 0.15) is 32.3 Å². The van der Waals surface area contributed by atoms with Gasteiger partial charge in [0.05, 0.1) is 0 Å². The van der Waals surface area contributed by atoms with Gasteiger partial charge in [0.1, 0.15) is 13.2 Å². The van der Waals surface area contributed by atoms with Gasteiger partial charge in [0.25, 0.3) is 0 Å². The molecular weight excluding hydrogens is 346 g/mol. The van der Waals surface area contributed by atoms with E-state index in [2.05, 4.69) is 5.32 Å². The van der Waals surface area contributed by atoms with Gasteiger partial charge in [0.15, 0.2) is 11.5 Å². The van der Waals surface area contributed by atoms with E-state index in [0.29, 0.717) is 58.8 Å². The molecule has 1 fully saturated rings. The number of hydrogen-bond donors (Lipinski definition) is 1. The van der Waals surface area contributed by atoms with Crippen LogP contribution in [0, 0.1) is 5.92 Å². The van der Waals surface area contributed by atoms with Crippen LogP contribution in [0.5, 0.6) is 11.5 Å². The third-order valence-corrected chi connectivity index (χ3v) is 5.24. The fraction of sp³-hybridized carbons (Fsp3) is 0.600. The number of carbonyl (C=O) groups is 2. The third-order valence-electron chi connectivity index (χ3n) is 5.24. The first-order valence-corrected chi connectivity index (χ1v) is 9.82. The molecule has 0 bridgehead atoms. The summed E-state index contributed by atoms with van der Waals surface area (Å²) in [5.41, 5.74) is 0.988. The van der Waals surface area contributed by atoms with Crippen molar-refractivity contribution in [3.8, 4) is 11.5 Å². The van der Waals surface area contributed by atoms with E-state index in [0.717, 1.165) is 17.1 Å². The van der Waals surface area contributed by atoms with Crippen molar-refractivity contribution in [2.24, 2.45) is 5.92 Å². The van der Waals surface area contributed by atoms with Crippen molar-refractivity contribution in [2.75, 3.05) is 39.4 Å². The summed E-state index contributed by atoms with van der Waals surface area (Å²) in [6.07, 6.45) is 1.42. The molecule has 0 radical (unpaired) electrons. The first-order valence-electron chi connectivity index (χ1n) is 9.82. The number of ether oxygens (including phenoxy) is 2. The van der Waals surface area contributed by atoms with Crippen molar-refractivity contribution >= 4 is 11.9 Å². The molecule has 0 spiro atoms. The quantitative estimate of drug-likeness (QED) is 0.857. The Morgan fingerprint density at radius 1 is 1.11 bits per heavy atom. The molecule has 7 nitrogen and oxygen atoms in total. The van der Waals surface area contributed by atoms with Crippen molar-refractivity contribution in [3.05, 3.63) is 23.8 Å². The smallest absolute Gasteiger partial charge is 0.319 e. The molecule has 1 N–H and O–H groups in total. The lowest BCUT2D eigenvalue weighted by molar-refractivity contribution is -0.126. The second-order valence-electron chi connectivity index (χ2n) is 6.91.